The maximum Gasteiger partial charge on any atom is 0.409 e. The number of carbonyl (C=O) groups is 2. The Morgan fingerprint density at radius 2 is 1.92 bits per heavy atom. The standard InChI is InChI=1S/C17H29N5O3/c1-5-22-13(4)15(12(3)20-22)11-18-16(23)19-14-7-9-21(10-8-14)17(24)25-6-2/h14H,5-11H2,1-4H3,(H2,18,19,23). The van der Waals surface area contributed by atoms with Gasteiger partial charge in [-0.15, -0.1) is 0 Å². The summed E-state index contributed by atoms with van der Waals surface area (Å²) in [5.74, 6) is 0. The zero-order chi connectivity index (χ0) is 18.4. The summed E-state index contributed by atoms with van der Waals surface area (Å²) in [7, 11) is 0. The topological polar surface area (TPSA) is 88.5 Å². The third kappa shape index (κ3) is 4.87. The first-order chi connectivity index (χ1) is 12.0. The molecule has 0 spiro atoms. The molecular formula is C17H29N5O3. The van der Waals surface area contributed by atoms with E-state index in [-0.39, 0.29) is 18.2 Å². The molecule has 0 atom stereocenters. The first-order valence-electron chi connectivity index (χ1n) is 8.95. The number of nitrogens with one attached hydrogen (secondary N) is 2. The molecule has 2 heterocycles. The number of rotatable bonds is 5. The highest BCUT2D eigenvalue weighted by Gasteiger charge is 2.24. The Bertz CT molecular complexity index is 606. The second-order valence-electron chi connectivity index (χ2n) is 6.25. The molecule has 3 amide bonds. The Balaban J connectivity index is 1.76. The molecule has 1 aliphatic rings. The highest BCUT2D eigenvalue weighted by molar-refractivity contribution is 5.74. The number of carbonyl (C=O) groups excluding carboxylic acids is 2. The van der Waals surface area contributed by atoms with Crippen LogP contribution in [0.5, 0.6) is 0 Å². The van der Waals surface area contributed by atoms with Gasteiger partial charge in [0, 0.05) is 43.5 Å². The number of urea groups is 1. The highest BCUT2D eigenvalue weighted by atomic mass is 16.6. The molecule has 140 valence electrons. The van der Waals surface area contributed by atoms with Gasteiger partial charge in [0.25, 0.3) is 0 Å². The van der Waals surface area contributed by atoms with E-state index in [4.69, 9.17) is 4.74 Å². The molecule has 0 unspecified atom stereocenters. The van der Waals surface area contributed by atoms with E-state index < -0.39 is 0 Å². The fourth-order valence-electron chi connectivity index (χ4n) is 3.12. The molecule has 2 rings (SSSR count). The van der Waals surface area contributed by atoms with Crippen molar-refractivity contribution in [2.24, 2.45) is 0 Å². The van der Waals surface area contributed by atoms with Crippen molar-refractivity contribution in [2.45, 2.75) is 59.7 Å². The summed E-state index contributed by atoms with van der Waals surface area (Å²) >= 11 is 0. The van der Waals surface area contributed by atoms with Crippen molar-refractivity contribution in [3.63, 3.8) is 0 Å². The monoisotopic (exact) mass is 351 g/mol. The number of nitrogens with zero attached hydrogens (tertiary/aromatic N) is 3. The van der Waals surface area contributed by atoms with Crippen LogP contribution in [0.15, 0.2) is 0 Å². The lowest BCUT2D eigenvalue weighted by atomic mass is 10.1. The molecule has 25 heavy (non-hydrogen) atoms. The molecule has 0 aliphatic carbocycles. The molecule has 2 N–H and O–H groups in total. The van der Waals surface area contributed by atoms with Crippen molar-refractivity contribution in [1.82, 2.24) is 25.3 Å². The van der Waals surface area contributed by atoms with Crippen LogP contribution in [-0.2, 0) is 17.8 Å². The summed E-state index contributed by atoms with van der Waals surface area (Å²) < 4.78 is 6.94. The predicted molar refractivity (Wildman–Crippen MR) is 94.4 cm³/mol. The number of piperidine rings is 1. The van der Waals surface area contributed by atoms with Gasteiger partial charge in [0.05, 0.1) is 12.3 Å². The molecule has 1 aromatic heterocycles. The minimum Gasteiger partial charge on any atom is -0.450 e. The quantitative estimate of drug-likeness (QED) is 0.848. The van der Waals surface area contributed by atoms with Crippen molar-refractivity contribution >= 4 is 12.1 Å². The van der Waals surface area contributed by atoms with Gasteiger partial charge in [-0.3, -0.25) is 4.68 Å². The summed E-state index contributed by atoms with van der Waals surface area (Å²) in [6.07, 6.45) is 1.19. The summed E-state index contributed by atoms with van der Waals surface area (Å²) in [5, 5.41) is 10.4. The number of likely N-dealkylation sites (tertiary alicyclic amines) is 1. The van der Waals surface area contributed by atoms with Crippen LogP contribution in [0.25, 0.3) is 0 Å². The minimum atomic E-state index is -0.274. The first kappa shape index (κ1) is 19.1. The molecule has 1 fully saturated rings. The summed E-state index contributed by atoms with van der Waals surface area (Å²) in [5.41, 5.74) is 3.10. The Kier molecular flexibility index (Phi) is 6.66. The van der Waals surface area contributed by atoms with Gasteiger partial charge in [-0.1, -0.05) is 0 Å². The SMILES string of the molecule is CCOC(=O)N1CCC(NC(=O)NCc2c(C)nn(CC)c2C)CC1. The largest absolute Gasteiger partial charge is 0.450 e. The Morgan fingerprint density at radius 1 is 1.24 bits per heavy atom. The first-order valence-corrected chi connectivity index (χ1v) is 8.95. The van der Waals surface area contributed by atoms with Crippen LogP contribution in [0.3, 0.4) is 0 Å². The fraction of sp³-hybridized carbons (Fsp3) is 0.706. The van der Waals surface area contributed by atoms with Crippen LogP contribution in [0.1, 0.15) is 43.6 Å². The van der Waals surface area contributed by atoms with Crippen LogP contribution in [0.2, 0.25) is 0 Å². The van der Waals surface area contributed by atoms with Crippen LogP contribution in [0, 0.1) is 13.8 Å². The average molecular weight is 351 g/mol. The van der Waals surface area contributed by atoms with Gasteiger partial charge in [0.1, 0.15) is 0 Å². The van der Waals surface area contributed by atoms with E-state index in [1.54, 1.807) is 11.8 Å². The fourth-order valence-corrected chi connectivity index (χ4v) is 3.12. The average Bonchev–Trinajstić information content (AvgIpc) is 2.87. The van der Waals surface area contributed by atoms with Gasteiger partial charge < -0.3 is 20.3 Å². The van der Waals surface area contributed by atoms with E-state index in [9.17, 15) is 9.59 Å². The molecule has 0 radical (unpaired) electrons. The number of aromatic nitrogens is 2. The normalized spacial score (nSPS) is 15.1. The Hall–Kier alpha value is -2.25. The van der Waals surface area contributed by atoms with Gasteiger partial charge in [0.15, 0.2) is 0 Å². The Morgan fingerprint density at radius 3 is 2.48 bits per heavy atom. The highest BCUT2D eigenvalue weighted by Crippen LogP contribution is 2.13. The van der Waals surface area contributed by atoms with E-state index in [1.165, 1.54) is 0 Å². The minimum absolute atomic E-state index is 0.0752. The number of hydrogen-bond donors (Lipinski definition) is 2. The summed E-state index contributed by atoms with van der Waals surface area (Å²) in [6.45, 7) is 10.7. The third-order valence-corrected chi connectivity index (χ3v) is 4.61. The molecular weight excluding hydrogens is 322 g/mol. The molecule has 8 nitrogen and oxygen atoms in total. The van der Waals surface area contributed by atoms with E-state index in [2.05, 4.69) is 15.7 Å². The van der Waals surface area contributed by atoms with Crippen molar-refractivity contribution in [3.8, 4) is 0 Å². The van der Waals surface area contributed by atoms with Crippen molar-refractivity contribution in [3.05, 3.63) is 17.0 Å². The van der Waals surface area contributed by atoms with E-state index >= 15 is 0 Å². The molecule has 1 aromatic rings. The molecule has 8 heteroatoms. The molecule has 1 aliphatic heterocycles. The third-order valence-electron chi connectivity index (χ3n) is 4.61. The van der Waals surface area contributed by atoms with Gasteiger partial charge >= 0.3 is 12.1 Å². The second kappa shape index (κ2) is 8.73. The zero-order valence-electron chi connectivity index (χ0n) is 15.6. The number of ether oxygens (including phenoxy) is 1. The Labute approximate surface area is 148 Å². The lowest BCUT2D eigenvalue weighted by molar-refractivity contribution is 0.0957. The van der Waals surface area contributed by atoms with Gasteiger partial charge in [-0.2, -0.15) is 5.10 Å². The predicted octanol–water partition coefficient (Wildman–Crippen LogP) is 1.94. The van der Waals surface area contributed by atoms with Gasteiger partial charge in [-0.05, 0) is 40.5 Å². The van der Waals surface area contributed by atoms with Gasteiger partial charge in [0.2, 0.25) is 0 Å². The summed E-state index contributed by atoms with van der Waals surface area (Å²) in [6, 6.07) is -0.108. The summed E-state index contributed by atoms with van der Waals surface area (Å²) in [4.78, 5) is 25.5. The molecule has 0 saturated carbocycles. The van der Waals surface area contributed by atoms with Crippen LogP contribution < -0.4 is 10.6 Å². The number of hydrogen-bond acceptors (Lipinski definition) is 4. The second-order valence-corrected chi connectivity index (χ2v) is 6.25. The van der Waals surface area contributed by atoms with Crippen LogP contribution >= 0.6 is 0 Å². The number of amides is 3. The molecule has 1 saturated heterocycles. The lowest BCUT2D eigenvalue weighted by Crippen LogP contribution is -2.49. The van der Waals surface area contributed by atoms with Crippen molar-refractivity contribution in [2.75, 3.05) is 19.7 Å². The number of aryl methyl sites for hydroxylation is 2. The van der Waals surface area contributed by atoms with E-state index in [0.29, 0.717) is 26.2 Å². The van der Waals surface area contributed by atoms with Gasteiger partial charge in [-0.25, -0.2) is 9.59 Å². The lowest BCUT2D eigenvalue weighted by Gasteiger charge is -2.31. The van der Waals surface area contributed by atoms with E-state index in [0.717, 1.165) is 36.3 Å². The maximum atomic E-state index is 12.1. The molecule has 0 bridgehead atoms. The molecule has 0 aromatic carbocycles. The van der Waals surface area contributed by atoms with E-state index in [1.807, 2.05) is 25.5 Å². The van der Waals surface area contributed by atoms with Crippen LogP contribution in [0.4, 0.5) is 9.59 Å². The zero-order valence-corrected chi connectivity index (χ0v) is 15.6. The van der Waals surface area contributed by atoms with Crippen molar-refractivity contribution < 1.29 is 14.3 Å². The maximum absolute atomic E-state index is 12.1. The van der Waals surface area contributed by atoms with Crippen molar-refractivity contribution in [1.29, 1.82) is 0 Å². The van der Waals surface area contributed by atoms with Crippen LogP contribution in [-0.4, -0.2) is 52.5 Å². The smallest absolute Gasteiger partial charge is 0.409 e.